The number of hydrogen-bond donors (Lipinski definition) is 4. The lowest BCUT2D eigenvalue weighted by molar-refractivity contribution is -0.131. The second-order valence-electron chi connectivity index (χ2n) is 21.5. The van der Waals surface area contributed by atoms with E-state index in [1.54, 1.807) is 7.11 Å². The van der Waals surface area contributed by atoms with Gasteiger partial charge in [-0.3, -0.25) is 9.59 Å². The minimum atomic E-state index is -0.558. The number of nitrogens with zero attached hydrogens (tertiary/aromatic N) is 1. The third-order valence-electron chi connectivity index (χ3n) is 17.3. The minimum Gasteiger partial charge on any atom is -0.390 e. The van der Waals surface area contributed by atoms with E-state index in [1.165, 1.54) is 31.6 Å². The number of methoxy groups -OCH3 is 1. The number of nitrogens with two attached hydrogens (primary N) is 1. The van der Waals surface area contributed by atoms with Crippen molar-refractivity contribution in [2.45, 2.75) is 193 Å². The number of Topliss-reactive ketones (excluding diaryl/α,β-unsaturated/α-hetero) is 2. The average molecular weight is 829 g/mol. The lowest BCUT2D eigenvalue weighted by Gasteiger charge is -2.44. The molecule has 7 rings (SSSR count). The molecule has 8 nitrogen and oxygen atoms in total. The van der Waals surface area contributed by atoms with Crippen LogP contribution in [0.1, 0.15) is 168 Å². The lowest BCUT2D eigenvalue weighted by Crippen LogP contribution is -2.46. The highest BCUT2D eigenvalue weighted by Crippen LogP contribution is 2.54. The molecule has 7 aliphatic rings. The van der Waals surface area contributed by atoms with E-state index in [2.05, 4.69) is 44.0 Å². The molecule has 0 spiro atoms. The Hall–Kier alpha value is -2.02. The average Bonchev–Trinajstić information content (AvgIpc) is 3.69. The van der Waals surface area contributed by atoms with E-state index in [0.717, 1.165) is 109 Å². The van der Waals surface area contributed by atoms with Crippen molar-refractivity contribution in [1.29, 1.82) is 0 Å². The van der Waals surface area contributed by atoms with E-state index >= 15 is 0 Å². The van der Waals surface area contributed by atoms with Crippen molar-refractivity contribution >= 4 is 17.8 Å². The number of aliphatic hydroxyl groups excluding tert-OH is 2. The second-order valence-corrected chi connectivity index (χ2v) is 21.5. The molecule has 2 aliphatic heterocycles. The molecule has 8 heteroatoms. The van der Waals surface area contributed by atoms with Crippen LogP contribution in [0.4, 0.5) is 0 Å². The molecule has 5 fully saturated rings. The Morgan fingerprint density at radius 3 is 2.42 bits per heavy atom. The fraction of sp³-hybridized carbons (Fsp3) is 0.846. The van der Waals surface area contributed by atoms with E-state index < -0.39 is 17.6 Å². The minimum absolute atomic E-state index is 0.00754. The Labute approximate surface area is 363 Å². The molecule has 0 amide bonds. The van der Waals surface area contributed by atoms with Crippen molar-refractivity contribution in [2.24, 2.45) is 81.2 Å². The van der Waals surface area contributed by atoms with Gasteiger partial charge in [-0.2, -0.15) is 0 Å². The van der Waals surface area contributed by atoms with Gasteiger partial charge >= 0.3 is 0 Å². The van der Waals surface area contributed by atoms with E-state index in [-0.39, 0.29) is 71.7 Å². The zero-order valence-electron chi connectivity index (χ0n) is 37.9. The summed E-state index contributed by atoms with van der Waals surface area (Å²) in [6, 6.07) is 0. The lowest BCUT2D eigenvalue weighted by atomic mass is 9.61. The number of carbonyl (C=O) groups is 2. The van der Waals surface area contributed by atoms with Gasteiger partial charge in [-0.25, -0.2) is 0 Å². The number of carbonyl (C=O) groups excluding carboxylic acids is 2. The number of fused-ring (bicyclic) bond motifs is 2. The quantitative estimate of drug-likeness (QED) is 0.0928. The molecule has 4 saturated carbocycles. The predicted molar refractivity (Wildman–Crippen MR) is 240 cm³/mol. The first-order valence-electron chi connectivity index (χ1n) is 25.1. The number of hydrogen-bond acceptors (Lipinski definition) is 8. The Morgan fingerprint density at radius 2 is 1.72 bits per heavy atom. The molecular weight excluding hydrogens is 747 g/mol. The van der Waals surface area contributed by atoms with Gasteiger partial charge in [0.1, 0.15) is 35.2 Å². The molecule has 2 heterocycles. The van der Waals surface area contributed by atoms with Gasteiger partial charge in [-0.1, -0.05) is 63.7 Å². The molecule has 1 saturated heterocycles. The van der Waals surface area contributed by atoms with Crippen molar-refractivity contribution in [3.8, 4) is 11.8 Å². The fourth-order valence-electron chi connectivity index (χ4n) is 14.0. The molecule has 0 aromatic rings. The number of ketones is 2. The van der Waals surface area contributed by atoms with Gasteiger partial charge in [0, 0.05) is 37.2 Å². The highest BCUT2D eigenvalue weighted by Gasteiger charge is 2.54. The van der Waals surface area contributed by atoms with Crippen LogP contribution in [0, 0.1) is 88.3 Å². The van der Waals surface area contributed by atoms with Gasteiger partial charge in [-0.15, -0.1) is 4.99 Å². The maximum Gasteiger partial charge on any atom is 0.183 e. The van der Waals surface area contributed by atoms with Gasteiger partial charge in [0.15, 0.2) is 5.70 Å². The molecule has 0 bridgehead atoms. The molecule has 5 aliphatic carbocycles. The normalized spacial score (nSPS) is 38.0. The number of aliphatic imine (C=N–C) groups is 1. The number of allylic oxidation sites excluding steroid dienone is 1. The van der Waals surface area contributed by atoms with Crippen molar-refractivity contribution in [3.05, 3.63) is 17.7 Å². The number of aliphatic hydroxyl groups is 2. The van der Waals surface area contributed by atoms with Crippen LogP contribution >= 0.6 is 0 Å². The van der Waals surface area contributed by atoms with E-state index in [1.807, 2.05) is 6.21 Å². The van der Waals surface area contributed by atoms with E-state index in [4.69, 9.17) is 15.5 Å². The van der Waals surface area contributed by atoms with Gasteiger partial charge < -0.3 is 26.0 Å². The van der Waals surface area contributed by atoms with Crippen LogP contribution in [-0.2, 0) is 14.3 Å². The number of nitrogens with one attached hydrogen (secondary N) is 1. The van der Waals surface area contributed by atoms with E-state index in [9.17, 15) is 19.8 Å². The molecule has 60 heavy (non-hydrogen) atoms. The standard InChI is InChI=1S/C52H82N3O5/c1-5-12-43(51(59)52(20-10-7-11-21-52)49-29-40(32-55-49)33(2)3)39-25-35(23-34-19-22-54-50(53)26-34)24-37-16-18-42(36-13-8-6-9-14-36)44-31-47(58)48(60-4)28-38(44)15-17-41(56)30-46(57)45(37)27-39/h29,32-39,42-45,47-48,50-51,54,58-59H,5-15,17,19-28,30-31,53H2,1-4H3/q+1/t34?,35-,37-,38?,39+,42-,43+,44?,45-,47?,48?,50?,51+/m1/s1. The fourth-order valence-corrected chi connectivity index (χ4v) is 14.0. The molecule has 0 aromatic heterocycles. The number of rotatable bonds is 11. The summed E-state index contributed by atoms with van der Waals surface area (Å²) in [5.74, 6) is 11.3. The first-order valence-corrected chi connectivity index (χ1v) is 25.1. The predicted octanol–water partition coefficient (Wildman–Crippen LogP) is 9.16. The van der Waals surface area contributed by atoms with Crippen LogP contribution in [0.5, 0.6) is 0 Å². The number of piperidine rings is 1. The molecular formula is C52H82N3O5+. The van der Waals surface area contributed by atoms with E-state index in [0.29, 0.717) is 42.9 Å². The van der Waals surface area contributed by atoms with Crippen molar-refractivity contribution in [2.75, 3.05) is 13.7 Å². The van der Waals surface area contributed by atoms with Gasteiger partial charge in [0.25, 0.3) is 0 Å². The first-order chi connectivity index (χ1) is 29.0. The highest BCUT2D eigenvalue weighted by atomic mass is 16.5. The summed E-state index contributed by atoms with van der Waals surface area (Å²) < 4.78 is 5.80. The van der Waals surface area contributed by atoms with Gasteiger partial charge in [-0.05, 0) is 152 Å². The summed E-state index contributed by atoms with van der Waals surface area (Å²) in [6.07, 6.45) is 24.3. The summed E-state index contributed by atoms with van der Waals surface area (Å²) in [6.45, 7) is 7.63. The van der Waals surface area contributed by atoms with Crippen LogP contribution in [-0.4, -0.2) is 66.1 Å². The molecule has 13 atom stereocenters. The van der Waals surface area contributed by atoms with Crippen LogP contribution < -0.4 is 11.1 Å². The molecule has 0 radical (unpaired) electrons. The topological polar surface area (TPSA) is 134 Å². The summed E-state index contributed by atoms with van der Waals surface area (Å²) in [5, 5.41) is 28.0. The zero-order chi connectivity index (χ0) is 42.4. The maximum absolute atomic E-state index is 14.9. The Balaban J connectivity index is 1.28. The Bertz CT molecular complexity index is 1550. The monoisotopic (exact) mass is 829 g/mol. The smallest absolute Gasteiger partial charge is 0.183 e. The van der Waals surface area contributed by atoms with Gasteiger partial charge in [0.05, 0.1) is 30.9 Å². The SMILES string of the molecule is CCC[C@@H]([C@H]1C[C@H](CC2CCNC(N)C2)C[C@H]2C#C[C@H](C3CCCCC3)C3CC(O)C(OC)CC3CCC(=O)CC(=O)[C@@H]2C1)[C@H](O)C1(C2=C[C+](C(C)C)C=N2)CCCCC1. The van der Waals surface area contributed by atoms with Crippen molar-refractivity contribution < 1.29 is 24.5 Å². The summed E-state index contributed by atoms with van der Waals surface area (Å²) in [4.78, 5) is 33.9. The van der Waals surface area contributed by atoms with Crippen molar-refractivity contribution in [1.82, 2.24) is 5.32 Å². The zero-order valence-corrected chi connectivity index (χ0v) is 37.9. The van der Waals surface area contributed by atoms with Crippen LogP contribution in [0.3, 0.4) is 0 Å². The van der Waals surface area contributed by atoms with Crippen LogP contribution in [0.15, 0.2) is 16.8 Å². The molecule has 5 N–H and O–H groups in total. The summed E-state index contributed by atoms with van der Waals surface area (Å²) >= 11 is 0. The Kier molecular flexibility index (Phi) is 16.2. The molecule has 6 unspecified atom stereocenters. The first kappa shape index (κ1) is 46.0. The molecule has 0 aromatic carbocycles. The largest absolute Gasteiger partial charge is 0.390 e. The number of ether oxygens (including phenoxy) is 1. The summed E-state index contributed by atoms with van der Waals surface area (Å²) in [7, 11) is 1.69. The second kappa shape index (κ2) is 21.1. The molecule has 334 valence electrons. The van der Waals surface area contributed by atoms with Gasteiger partial charge in [0.2, 0.25) is 0 Å². The van der Waals surface area contributed by atoms with Crippen LogP contribution in [0.2, 0.25) is 0 Å². The Morgan fingerprint density at radius 1 is 0.950 bits per heavy atom. The maximum atomic E-state index is 14.9. The third-order valence-corrected chi connectivity index (χ3v) is 17.3. The summed E-state index contributed by atoms with van der Waals surface area (Å²) in [5.41, 5.74) is 7.19. The van der Waals surface area contributed by atoms with Crippen molar-refractivity contribution in [3.63, 3.8) is 0 Å². The van der Waals surface area contributed by atoms with Crippen LogP contribution in [0.25, 0.3) is 0 Å². The third kappa shape index (κ3) is 10.7. The highest BCUT2D eigenvalue weighted by molar-refractivity contribution is 6.00.